The van der Waals surface area contributed by atoms with Crippen LogP contribution >= 0.6 is 0 Å². The first-order valence-electron chi connectivity index (χ1n) is 2.62. The molecule has 0 aromatic rings. The van der Waals surface area contributed by atoms with E-state index in [1.807, 2.05) is 0 Å². The van der Waals surface area contributed by atoms with E-state index < -0.39 is 17.2 Å². The number of fused-ring (bicyclic) bond motifs is 1. The fourth-order valence-corrected chi connectivity index (χ4v) is 2.49. The summed E-state index contributed by atoms with van der Waals surface area (Å²) in [7, 11) is -0.929. The number of halogens is 1. The minimum atomic E-state index is -0.929. The maximum Gasteiger partial charge on any atom is 0.143 e. The van der Waals surface area contributed by atoms with Crippen molar-refractivity contribution in [3.8, 4) is 0 Å². The van der Waals surface area contributed by atoms with Crippen LogP contribution in [0.25, 0.3) is 0 Å². The van der Waals surface area contributed by atoms with Gasteiger partial charge in [-0.3, -0.25) is 0 Å². The van der Waals surface area contributed by atoms with E-state index in [-0.39, 0.29) is 5.37 Å². The van der Waals surface area contributed by atoms with Crippen molar-refractivity contribution < 1.29 is 8.60 Å². The maximum absolute atomic E-state index is 12.4. The van der Waals surface area contributed by atoms with Gasteiger partial charge in [0.25, 0.3) is 0 Å². The molecule has 2 nitrogen and oxygen atoms in total. The lowest BCUT2D eigenvalue weighted by molar-refractivity contribution is 0.350. The maximum atomic E-state index is 12.4. The van der Waals surface area contributed by atoms with Crippen LogP contribution in [-0.2, 0) is 11.0 Å². The molecule has 46 valence electrons. The lowest BCUT2D eigenvalue weighted by Crippen LogP contribution is -2.03. The number of rotatable bonds is 0. The van der Waals surface area contributed by atoms with Crippen molar-refractivity contribution >= 4 is 11.0 Å². The molecule has 2 aliphatic rings. The molecule has 0 radical (unpaired) electrons. The van der Waals surface area contributed by atoms with Gasteiger partial charge in [0.05, 0.1) is 0 Å². The first-order chi connectivity index (χ1) is 3.80. The fraction of sp³-hybridized carbons (Fsp3) is 1.00. The molecule has 4 heteroatoms. The molecule has 2 saturated heterocycles. The molecule has 0 aromatic carbocycles. The van der Waals surface area contributed by atoms with Gasteiger partial charge in [0.1, 0.15) is 22.5 Å². The van der Waals surface area contributed by atoms with Crippen molar-refractivity contribution in [2.75, 3.05) is 6.54 Å². The molecule has 0 saturated carbocycles. The van der Waals surface area contributed by atoms with Gasteiger partial charge in [-0.1, -0.05) is 0 Å². The number of hydrogen-bond acceptors (Lipinski definition) is 1. The summed E-state index contributed by atoms with van der Waals surface area (Å²) >= 11 is 0. The van der Waals surface area contributed by atoms with Crippen LogP contribution in [0.1, 0.15) is 6.42 Å². The standard InChI is InChI=1S/C4H6FNOS/c5-3-1-2-6-4(3)8(6)7/h3-4H,1-2H2/t3-,4?,6?,8?/m1/s1. The summed E-state index contributed by atoms with van der Waals surface area (Å²) in [5, 5.41) is -0.213. The zero-order valence-corrected chi connectivity index (χ0v) is 5.03. The zero-order chi connectivity index (χ0) is 5.72. The average Bonchev–Trinajstić information content (AvgIpc) is 2.13. The van der Waals surface area contributed by atoms with Gasteiger partial charge in [0.15, 0.2) is 0 Å². The van der Waals surface area contributed by atoms with Crippen LogP contribution in [0.3, 0.4) is 0 Å². The van der Waals surface area contributed by atoms with Gasteiger partial charge in [-0.25, -0.2) is 12.9 Å². The average molecular weight is 135 g/mol. The Labute approximate surface area is 49.3 Å². The third-order valence-corrected chi connectivity index (χ3v) is 3.23. The van der Waals surface area contributed by atoms with Crippen LogP contribution in [0.5, 0.6) is 0 Å². The van der Waals surface area contributed by atoms with Gasteiger partial charge in [-0.05, 0) is 6.42 Å². The highest BCUT2D eigenvalue weighted by Gasteiger charge is 2.55. The van der Waals surface area contributed by atoms with Gasteiger partial charge >= 0.3 is 0 Å². The van der Waals surface area contributed by atoms with E-state index in [4.69, 9.17) is 0 Å². The summed E-state index contributed by atoms with van der Waals surface area (Å²) in [5.41, 5.74) is 0. The number of nitrogens with zero attached hydrogens (tertiary/aromatic N) is 1. The molecule has 0 amide bonds. The topological polar surface area (TPSA) is 20.1 Å². The highest BCUT2D eigenvalue weighted by Crippen LogP contribution is 2.38. The van der Waals surface area contributed by atoms with Gasteiger partial charge in [-0.2, -0.15) is 0 Å². The Kier molecular flexibility index (Phi) is 0.794. The Morgan fingerprint density at radius 3 is 2.75 bits per heavy atom. The quantitative estimate of drug-likeness (QED) is 0.429. The fourth-order valence-electron chi connectivity index (χ4n) is 1.10. The first kappa shape index (κ1) is 4.88. The SMILES string of the molecule is O=S1C2[C@H](F)CCN21. The smallest absolute Gasteiger partial charge is 0.143 e. The number of alkyl halides is 1. The predicted octanol–water partition coefficient (Wildman–Crippen LogP) is 0.0336. The lowest BCUT2D eigenvalue weighted by atomic mass is 10.3. The minimum Gasteiger partial charge on any atom is -0.245 e. The van der Waals surface area contributed by atoms with Gasteiger partial charge < -0.3 is 0 Å². The third kappa shape index (κ3) is 0.423. The summed E-state index contributed by atoms with van der Waals surface area (Å²) < 4.78 is 24.6. The minimum absolute atomic E-state index is 0.213. The molecule has 2 heterocycles. The Morgan fingerprint density at radius 2 is 2.50 bits per heavy atom. The molecule has 0 spiro atoms. The second-order valence-corrected chi connectivity index (χ2v) is 3.62. The van der Waals surface area contributed by atoms with Gasteiger partial charge in [-0.15, -0.1) is 0 Å². The molecule has 3 unspecified atom stereocenters. The second kappa shape index (κ2) is 1.30. The largest absolute Gasteiger partial charge is 0.245 e. The highest BCUT2D eigenvalue weighted by molar-refractivity contribution is 7.89. The Bertz CT molecular complexity index is 151. The third-order valence-electron chi connectivity index (χ3n) is 1.61. The summed E-state index contributed by atoms with van der Waals surface area (Å²) in [5.74, 6) is 0. The van der Waals surface area contributed by atoms with Crippen LogP contribution in [-0.4, -0.2) is 26.6 Å². The van der Waals surface area contributed by atoms with E-state index in [2.05, 4.69) is 0 Å². The van der Waals surface area contributed by atoms with E-state index in [0.29, 0.717) is 13.0 Å². The Hall–Kier alpha value is 0.0400. The second-order valence-electron chi connectivity index (χ2n) is 2.11. The zero-order valence-electron chi connectivity index (χ0n) is 4.21. The highest BCUT2D eigenvalue weighted by atomic mass is 32.2. The number of hydrogen-bond donors (Lipinski definition) is 0. The molecule has 0 N–H and O–H groups in total. The van der Waals surface area contributed by atoms with Crippen LogP contribution in [0.4, 0.5) is 4.39 Å². The van der Waals surface area contributed by atoms with Crippen molar-refractivity contribution in [2.24, 2.45) is 0 Å². The van der Waals surface area contributed by atoms with Crippen molar-refractivity contribution in [3.63, 3.8) is 0 Å². The van der Waals surface area contributed by atoms with E-state index in [1.54, 1.807) is 4.31 Å². The molecule has 0 aromatic heterocycles. The monoisotopic (exact) mass is 135 g/mol. The molecule has 0 bridgehead atoms. The van der Waals surface area contributed by atoms with Crippen LogP contribution in [0.15, 0.2) is 0 Å². The van der Waals surface area contributed by atoms with Crippen LogP contribution < -0.4 is 0 Å². The van der Waals surface area contributed by atoms with E-state index in [1.165, 1.54) is 0 Å². The normalized spacial score (nSPS) is 60.6. The van der Waals surface area contributed by atoms with Crippen LogP contribution in [0, 0.1) is 0 Å². The molecular weight excluding hydrogens is 129 g/mol. The Balaban J connectivity index is 2.17. The molecule has 8 heavy (non-hydrogen) atoms. The molecular formula is C4H6FNOS. The summed E-state index contributed by atoms with van der Waals surface area (Å²) in [4.78, 5) is 0. The summed E-state index contributed by atoms with van der Waals surface area (Å²) in [6.45, 7) is 0.693. The van der Waals surface area contributed by atoms with Crippen molar-refractivity contribution in [2.45, 2.75) is 18.0 Å². The predicted molar refractivity (Wildman–Crippen MR) is 28.1 cm³/mol. The van der Waals surface area contributed by atoms with Crippen molar-refractivity contribution in [3.05, 3.63) is 0 Å². The molecule has 2 fully saturated rings. The first-order valence-corrected chi connectivity index (χ1v) is 3.79. The van der Waals surface area contributed by atoms with Crippen molar-refractivity contribution in [1.82, 2.24) is 4.31 Å². The lowest BCUT2D eigenvalue weighted by Gasteiger charge is -1.90. The van der Waals surface area contributed by atoms with E-state index in [9.17, 15) is 8.60 Å². The molecule has 0 aliphatic carbocycles. The molecule has 4 atom stereocenters. The summed E-state index contributed by atoms with van der Waals surface area (Å²) in [6.07, 6.45) is -0.230. The van der Waals surface area contributed by atoms with E-state index in [0.717, 1.165) is 0 Å². The summed E-state index contributed by atoms with van der Waals surface area (Å²) in [6, 6.07) is 0. The molecule has 2 aliphatic heterocycles. The Morgan fingerprint density at radius 1 is 1.75 bits per heavy atom. The van der Waals surface area contributed by atoms with Gasteiger partial charge in [0, 0.05) is 6.54 Å². The van der Waals surface area contributed by atoms with E-state index >= 15 is 0 Å². The van der Waals surface area contributed by atoms with Crippen LogP contribution in [0.2, 0.25) is 0 Å². The van der Waals surface area contributed by atoms with Gasteiger partial charge in [0.2, 0.25) is 0 Å². The molecule has 2 rings (SSSR count). The van der Waals surface area contributed by atoms with Crippen molar-refractivity contribution in [1.29, 1.82) is 0 Å².